The van der Waals surface area contributed by atoms with Crippen molar-refractivity contribution in [2.45, 2.75) is 13.5 Å². The lowest BCUT2D eigenvalue weighted by Crippen LogP contribution is -2.11. The van der Waals surface area contributed by atoms with Gasteiger partial charge < -0.3 is 5.32 Å². The van der Waals surface area contributed by atoms with E-state index < -0.39 is 0 Å². The number of hydrogen-bond donors (Lipinski definition) is 3. The number of hydrazine groups is 1. The second-order valence-electron chi connectivity index (χ2n) is 4.18. The predicted octanol–water partition coefficient (Wildman–Crippen LogP) is 3.72. The van der Waals surface area contributed by atoms with Crippen LogP contribution in [0.5, 0.6) is 0 Å². The molecule has 3 rings (SSSR count). The summed E-state index contributed by atoms with van der Waals surface area (Å²) in [5, 5.41) is 4.38. The van der Waals surface area contributed by atoms with Crippen LogP contribution in [0.2, 0.25) is 0 Å². The van der Waals surface area contributed by atoms with E-state index in [4.69, 9.17) is 5.84 Å². The second kappa shape index (κ2) is 5.65. The first kappa shape index (κ1) is 13.7. The summed E-state index contributed by atoms with van der Waals surface area (Å²) in [5.41, 5.74) is 2.51. The molecule has 0 saturated heterocycles. The fraction of sp³-hybridized carbons (Fsp3) is 0.167. The number of anilines is 2. The van der Waals surface area contributed by atoms with Crippen molar-refractivity contribution in [2.24, 2.45) is 5.84 Å². The van der Waals surface area contributed by atoms with Gasteiger partial charge in [-0.2, -0.15) is 4.98 Å². The Morgan fingerprint density at radius 3 is 2.85 bits per heavy atom. The largest absolute Gasteiger partial charge is 0.364 e. The number of nitrogens with one attached hydrogen (secondary N) is 2. The number of aryl methyl sites for hydroxylation is 1. The minimum Gasteiger partial charge on any atom is -0.364 e. The zero-order valence-electron chi connectivity index (χ0n) is 10.6. The summed E-state index contributed by atoms with van der Waals surface area (Å²) in [4.78, 5) is 12.1. The molecular weight excluding hydrogens is 358 g/mol. The zero-order chi connectivity index (χ0) is 14.1. The van der Waals surface area contributed by atoms with Gasteiger partial charge in [-0.25, -0.2) is 10.8 Å². The maximum atomic E-state index is 5.42. The Morgan fingerprint density at radius 1 is 1.30 bits per heavy atom. The van der Waals surface area contributed by atoms with Crippen LogP contribution in [0.25, 0.3) is 10.2 Å². The average molecular weight is 370 g/mol. The molecular formula is C12H12BrN5S2. The molecule has 4 N–H and O–H groups in total. The Labute approximate surface area is 132 Å². The van der Waals surface area contributed by atoms with E-state index >= 15 is 0 Å². The van der Waals surface area contributed by atoms with Crippen LogP contribution in [0.1, 0.15) is 9.75 Å². The monoisotopic (exact) mass is 369 g/mol. The van der Waals surface area contributed by atoms with Crippen molar-refractivity contribution in [1.82, 2.24) is 9.97 Å². The molecule has 104 valence electrons. The summed E-state index contributed by atoms with van der Waals surface area (Å²) < 4.78 is 1.12. The fourth-order valence-corrected chi connectivity index (χ4v) is 4.16. The molecule has 0 amide bonds. The quantitative estimate of drug-likeness (QED) is 0.482. The molecule has 8 heteroatoms. The number of halogens is 1. The third kappa shape index (κ3) is 2.78. The summed E-state index contributed by atoms with van der Waals surface area (Å²) in [6, 6.07) is 6.22. The van der Waals surface area contributed by atoms with E-state index in [1.54, 1.807) is 22.7 Å². The highest BCUT2D eigenvalue weighted by molar-refractivity contribution is 9.11. The zero-order valence-corrected chi connectivity index (χ0v) is 13.8. The summed E-state index contributed by atoms with van der Waals surface area (Å²) in [5.74, 6) is 6.65. The number of fused-ring (bicyclic) bond motifs is 1. The van der Waals surface area contributed by atoms with Crippen LogP contribution < -0.4 is 16.6 Å². The lowest BCUT2D eigenvalue weighted by molar-refractivity contribution is 1.11. The molecule has 20 heavy (non-hydrogen) atoms. The minimum absolute atomic E-state index is 0.425. The molecule has 3 aromatic heterocycles. The highest BCUT2D eigenvalue weighted by atomic mass is 79.9. The molecule has 0 aliphatic carbocycles. The molecule has 0 bridgehead atoms. The second-order valence-corrected chi connectivity index (χ2v) is 7.96. The maximum absolute atomic E-state index is 5.42. The van der Waals surface area contributed by atoms with Crippen LogP contribution in [-0.2, 0) is 6.54 Å². The van der Waals surface area contributed by atoms with Gasteiger partial charge in [0.05, 0.1) is 15.7 Å². The van der Waals surface area contributed by atoms with E-state index in [-0.39, 0.29) is 0 Å². The number of rotatable bonds is 4. The highest BCUT2D eigenvalue weighted by Crippen LogP contribution is 2.30. The van der Waals surface area contributed by atoms with Gasteiger partial charge in [0, 0.05) is 9.75 Å². The predicted molar refractivity (Wildman–Crippen MR) is 89.3 cm³/mol. The van der Waals surface area contributed by atoms with Crippen molar-refractivity contribution < 1.29 is 0 Å². The molecule has 3 heterocycles. The van der Waals surface area contributed by atoms with E-state index in [2.05, 4.69) is 55.7 Å². The first-order chi connectivity index (χ1) is 9.65. The van der Waals surface area contributed by atoms with E-state index in [1.807, 2.05) is 6.07 Å². The van der Waals surface area contributed by atoms with Crippen LogP contribution in [-0.4, -0.2) is 9.97 Å². The third-order valence-electron chi connectivity index (χ3n) is 2.70. The van der Waals surface area contributed by atoms with E-state index in [0.717, 1.165) is 26.4 Å². The topological polar surface area (TPSA) is 75.9 Å². The molecule has 0 fully saturated rings. The number of nitrogens with zero attached hydrogens (tertiary/aromatic N) is 2. The first-order valence-corrected chi connectivity index (χ1v) is 8.31. The molecule has 0 unspecified atom stereocenters. The van der Waals surface area contributed by atoms with Crippen molar-refractivity contribution in [2.75, 3.05) is 10.7 Å². The Hall–Kier alpha value is -1.22. The SMILES string of the molecule is Cc1cc2c(NCc3ccc(Br)s3)nc(NN)nc2s1. The van der Waals surface area contributed by atoms with Gasteiger partial charge >= 0.3 is 0 Å². The number of nitrogens with two attached hydrogens (primary N) is 1. The van der Waals surface area contributed by atoms with Crippen molar-refractivity contribution in [3.63, 3.8) is 0 Å². The van der Waals surface area contributed by atoms with Gasteiger partial charge in [0.2, 0.25) is 5.95 Å². The van der Waals surface area contributed by atoms with Crippen LogP contribution in [0.15, 0.2) is 22.0 Å². The fourth-order valence-electron chi connectivity index (χ4n) is 1.86. The lowest BCUT2D eigenvalue weighted by atomic mass is 10.3. The molecule has 0 aliphatic heterocycles. The number of nitrogen functional groups attached to an aromatic ring is 1. The molecule has 0 radical (unpaired) electrons. The Balaban J connectivity index is 1.92. The molecule has 0 spiro atoms. The van der Waals surface area contributed by atoms with Crippen LogP contribution in [0.4, 0.5) is 11.8 Å². The van der Waals surface area contributed by atoms with Crippen molar-refractivity contribution in [3.8, 4) is 0 Å². The number of thiophene rings is 2. The Bertz CT molecular complexity index is 751. The van der Waals surface area contributed by atoms with Crippen molar-refractivity contribution in [1.29, 1.82) is 0 Å². The average Bonchev–Trinajstić information content (AvgIpc) is 3.00. The van der Waals surface area contributed by atoms with Crippen molar-refractivity contribution in [3.05, 3.63) is 31.7 Å². The first-order valence-electron chi connectivity index (χ1n) is 5.88. The van der Waals surface area contributed by atoms with Gasteiger partial charge in [0.15, 0.2) is 0 Å². The van der Waals surface area contributed by atoms with Crippen LogP contribution in [0.3, 0.4) is 0 Å². The molecule has 0 atom stereocenters. The minimum atomic E-state index is 0.425. The standard InChI is InChI=1S/C12H12BrN5S2/c1-6-4-8-10(15-5-7-2-3-9(13)20-7)16-12(18-14)17-11(8)19-6/h2-4H,5,14H2,1H3,(H2,15,16,17,18). The smallest absolute Gasteiger partial charge is 0.240 e. The summed E-state index contributed by atoms with van der Waals surface area (Å²) in [7, 11) is 0. The molecule has 0 aliphatic rings. The van der Waals surface area contributed by atoms with Crippen molar-refractivity contribution >= 4 is 60.6 Å². The number of aromatic nitrogens is 2. The van der Waals surface area contributed by atoms with Crippen LogP contribution in [0, 0.1) is 6.92 Å². The van der Waals surface area contributed by atoms with Crippen LogP contribution >= 0.6 is 38.6 Å². The summed E-state index contributed by atoms with van der Waals surface area (Å²) in [6.07, 6.45) is 0. The van der Waals surface area contributed by atoms with Gasteiger partial charge in [-0.05, 0) is 41.1 Å². The Kier molecular flexibility index (Phi) is 3.88. The molecule has 5 nitrogen and oxygen atoms in total. The molecule has 3 aromatic rings. The molecule has 0 aromatic carbocycles. The third-order valence-corrected chi connectivity index (χ3v) is 5.27. The Morgan fingerprint density at radius 2 is 2.15 bits per heavy atom. The maximum Gasteiger partial charge on any atom is 0.240 e. The van der Waals surface area contributed by atoms with Gasteiger partial charge in [0.25, 0.3) is 0 Å². The summed E-state index contributed by atoms with van der Waals surface area (Å²) >= 11 is 6.80. The van der Waals surface area contributed by atoms with E-state index in [1.165, 1.54) is 9.75 Å². The van der Waals surface area contributed by atoms with Gasteiger partial charge in [-0.3, -0.25) is 5.43 Å². The van der Waals surface area contributed by atoms with Gasteiger partial charge in [-0.1, -0.05) is 0 Å². The van der Waals surface area contributed by atoms with E-state index in [0.29, 0.717) is 5.95 Å². The molecule has 0 saturated carbocycles. The summed E-state index contributed by atoms with van der Waals surface area (Å²) in [6.45, 7) is 2.78. The lowest BCUT2D eigenvalue weighted by Gasteiger charge is -2.07. The number of hydrogen-bond acceptors (Lipinski definition) is 7. The van der Waals surface area contributed by atoms with Gasteiger partial charge in [-0.15, -0.1) is 22.7 Å². The highest BCUT2D eigenvalue weighted by Gasteiger charge is 2.10. The van der Waals surface area contributed by atoms with Gasteiger partial charge in [0.1, 0.15) is 10.6 Å². The van der Waals surface area contributed by atoms with E-state index in [9.17, 15) is 0 Å². The normalized spacial score (nSPS) is 10.9.